The minimum Gasteiger partial charge on any atom is -0.399 e. The molecule has 0 aliphatic heterocycles. The molecular weight excluding hydrogens is 338 g/mol. The number of hydrogen-bond acceptors (Lipinski definition) is 3. The molecule has 5 heteroatoms. The van der Waals surface area contributed by atoms with E-state index >= 15 is 0 Å². The summed E-state index contributed by atoms with van der Waals surface area (Å²) >= 11 is 0. The predicted octanol–water partition coefficient (Wildman–Crippen LogP) is 4.23. The Morgan fingerprint density at radius 1 is 1.04 bits per heavy atom. The lowest BCUT2D eigenvalue weighted by molar-refractivity contribution is 0.0697. The van der Waals surface area contributed by atoms with Crippen LogP contribution >= 0.6 is 0 Å². The van der Waals surface area contributed by atoms with Gasteiger partial charge in [0.15, 0.2) is 0 Å². The van der Waals surface area contributed by atoms with Crippen LogP contribution in [-0.2, 0) is 0 Å². The largest absolute Gasteiger partial charge is 0.399 e. The van der Waals surface area contributed by atoms with Gasteiger partial charge >= 0.3 is 0 Å². The monoisotopic (exact) mass is 365 g/mol. The lowest BCUT2D eigenvalue weighted by Gasteiger charge is -2.31. The molecule has 0 aromatic heterocycles. The fourth-order valence-corrected chi connectivity index (χ4v) is 3.68. The Labute approximate surface area is 160 Å². The number of amides is 2. The first kappa shape index (κ1) is 19.0. The molecule has 0 spiro atoms. The topological polar surface area (TPSA) is 75.4 Å². The summed E-state index contributed by atoms with van der Waals surface area (Å²) in [7, 11) is 1.86. The molecule has 0 unspecified atom stereocenters. The normalized spacial score (nSPS) is 14.6. The lowest BCUT2D eigenvalue weighted by atomic mass is 9.94. The Hall–Kier alpha value is -2.82. The van der Waals surface area contributed by atoms with E-state index in [1.807, 2.05) is 37.1 Å². The standard InChI is InChI=1S/C22H27N3O2/c1-15-12-13-16(23)14-19(15)21(26)24-20-11-7-6-10-18(20)22(27)25(2)17-8-4-3-5-9-17/h6-7,10-14,17H,3-5,8-9,23H2,1-2H3,(H,24,26). The number of anilines is 2. The number of carbonyl (C=O) groups excluding carboxylic acids is 2. The quantitative estimate of drug-likeness (QED) is 0.796. The van der Waals surface area contributed by atoms with Crippen molar-refractivity contribution in [2.45, 2.75) is 45.1 Å². The van der Waals surface area contributed by atoms with Gasteiger partial charge in [-0.2, -0.15) is 0 Å². The first-order valence-electron chi connectivity index (χ1n) is 9.51. The van der Waals surface area contributed by atoms with E-state index in [1.165, 1.54) is 6.42 Å². The number of benzene rings is 2. The molecule has 3 N–H and O–H groups in total. The van der Waals surface area contributed by atoms with Crippen LogP contribution in [0.5, 0.6) is 0 Å². The van der Waals surface area contributed by atoms with E-state index < -0.39 is 0 Å². The minimum atomic E-state index is -0.264. The fourth-order valence-electron chi connectivity index (χ4n) is 3.68. The summed E-state index contributed by atoms with van der Waals surface area (Å²) in [5.74, 6) is -0.317. The molecule has 5 nitrogen and oxygen atoms in total. The van der Waals surface area contributed by atoms with Gasteiger partial charge in [0, 0.05) is 24.3 Å². The first-order chi connectivity index (χ1) is 13.0. The van der Waals surface area contributed by atoms with Gasteiger partial charge in [-0.3, -0.25) is 9.59 Å². The molecule has 27 heavy (non-hydrogen) atoms. The smallest absolute Gasteiger partial charge is 0.256 e. The number of aryl methyl sites for hydroxylation is 1. The van der Waals surface area contributed by atoms with Crippen molar-refractivity contribution in [2.24, 2.45) is 0 Å². The molecule has 0 bridgehead atoms. The molecule has 2 aromatic carbocycles. The van der Waals surface area contributed by atoms with Crippen LogP contribution in [0, 0.1) is 6.92 Å². The van der Waals surface area contributed by atoms with Crippen LogP contribution < -0.4 is 11.1 Å². The van der Waals surface area contributed by atoms with Crippen LogP contribution in [0.4, 0.5) is 11.4 Å². The van der Waals surface area contributed by atoms with Crippen molar-refractivity contribution in [3.05, 3.63) is 59.2 Å². The van der Waals surface area contributed by atoms with Crippen LogP contribution in [0.3, 0.4) is 0 Å². The summed E-state index contributed by atoms with van der Waals surface area (Å²) in [5.41, 5.74) is 8.74. The van der Waals surface area contributed by atoms with Crippen LogP contribution in [-0.4, -0.2) is 29.8 Å². The first-order valence-corrected chi connectivity index (χ1v) is 9.51. The van der Waals surface area contributed by atoms with Gasteiger partial charge in [0.1, 0.15) is 0 Å². The highest BCUT2D eigenvalue weighted by molar-refractivity contribution is 6.09. The number of nitrogens with one attached hydrogen (secondary N) is 1. The maximum Gasteiger partial charge on any atom is 0.256 e. The zero-order valence-corrected chi connectivity index (χ0v) is 16.0. The van der Waals surface area contributed by atoms with Crippen LogP contribution in [0.1, 0.15) is 58.4 Å². The average Bonchev–Trinajstić information content (AvgIpc) is 2.69. The van der Waals surface area contributed by atoms with Gasteiger partial charge in [-0.15, -0.1) is 0 Å². The second-order valence-corrected chi connectivity index (χ2v) is 7.28. The number of nitrogens with zero attached hydrogens (tertiary/aromatic N) is 1. The molecule has 1 fully saturated rings. The van der Waals surface area contributed by atoms with Crippen molar-refractivity contribution < 1.29 is 9.59 Å². The molecule has 0 heterocycles. The Morgan fingerprint density at radius 2 is 1.74 bits per heavy atom. The predicted molar refractivity (Wildman–Crippen MR) is 109 cm³/mol. The molecule has 142 valence electrons. The van der Waals surface area contributed by atoms with E-state index in [0.717, 1.165) is 31.2 Å². The number of hydrogen-bond donors (Lipinski definition) is 2. The van der Waals surface area contributed by atoms with Gasteiger partial charge in [-0.1, -0.05) is 37.5 Å². The number of rotatable bonds is 4. The van der Waals surface area contributed by atoms with Gasteiger partial charge in [-0.25, -0.2) is 0 Å². The molecule has 2 aromatic rings. The summed E-state index contributed by atoms with van der Waals surface area (Å²) < 4.78 is 0. The minimum absolute atomic E-state index is 0.0536. The molecule has 0 atom stereocenters. The number of para-hydroxylation sites is 1. The molecule has 0 saturated heterocycles. The van der Waals surface area contributed by atoms with Gasteiger partial charge in [0.05, 0.1) is 11.3 Å². The van der Waals surface area contributed by atoms with Crippen molar-refractivity contribution in [3.63, 3.8) is 0 Å². The molecule has 1 saturated carbocycles. The Kier molecular flexibility index (Phi) is 5.79. The van der Waals surface area contributed by atoms with Gasteiger partial charge in [0.2, 0.25) is 0 Å². The molecule has 0 radical (unpaired) electrons. The van der Waals surface area contributed by atoms with Gasteiger partial charge < -0.3 is 16.0 Å². The van der Waals surface area contributed by atoms with E-state index in [4.69, 9.17) is 5.73 Å². The van der Waals surface area contributed by atoms with Crippen molar-refractivity contribution in [1.82, 2.24) is 4.90 Å². The summed E-state index contributed by atoms with van der Waals surface area (Å²) in [6.07, 6.45) is 5.65. The number of nitrogen functional groups attached to an aromatic ring is 1. The average molecular weight is 365 g/mol. The zero-order chi connectivity index (χ0) is 19.4. The highest BCUT2D eigenvalue weighted by Crippen LogP contribution is 2.25. The maximum absolute atomic E-state index is 13.1. The molecule has 2 amide bonds. The SMILES string of the molecule is Cc1ccc(N)cc1C(=O)Nc1ccccc1C(=O)N(C)C1CCCCC1. The fraction of sp³-hybridized carbons (Fsp3) is 0.364. The maximum atomic E-state index is 13.1. The van der Waals surface area contributed by atoms with Crippen LogP contribution in [0.2, 0.25) is 0 Å². The lowest BCUT2D eigenvalue weighted by Crippen LogP contribution is -2.38. The Morgan fingerprint density at radius 3 is 2.48 bits per heavy atom. The summed E-state index contributed by atoms with van der Waals surface area (Å²) in [4.78, 5) is 27.6. The van der Waals surface area contributed by atoms with Gasteiger partial charge in [0.25, 0.3) is 11.8 Å². The van der Waals surface area contributed by atoms with E-state index in [1.54, 1.807) is 24.3 Å². The number of carbonyl (C=O) groups is 2. The molecule has 1 aliphatic carbocycles. The third kappa shape index (κ3) is 4.30. The van der Waals surface area contributed by atoms with E-state index in [9.17, 15) is 9.59 Å². The zero-order valence-electron chi connectivity index (χ0n) is 16.0. The summed E-state index contributed by atoms with van der Waals surface area (Å²) in [5, 5.41) is 2.89. The van der Waals surface area contributed by atoms with E-state index in [2.05, 4.69) is 5.32 Å². The van der Waals surface area contributed by atoms with Crippen molar-refractivity contribution >= 4 is 23.2 Å². The highest BCUT2D eigenvalue weighted by atomic mass is 16.2. The third-order valence-corrected chi connectivity index (χ3v) is 5.35. The van der Waals surface area contributed by atoms with E-state index in [-0.39, 0.29) is 17.9 Å². The third-order valence-electron chi connectivity index (χ3n) is 5.35. The number of nitrogens with two attached hydrogens (primary N) is 1. The Bertz CT molecular complexity index is 841. The second kappa shape index (κ2) is 8.25. The summed E-state index contributed by atoms with van der Waals surface area (Å²) in [6.45, 7) is 1.86. The van der Waals surface area contributed by atoms with Crippen molar-refractivity contribution in [1.29, 1.82) is 0 Å². The van der Waals surface area contributed by atoms with Crippen molar-refractivity contribution in [3.8, 4) is 0 Å². The molecule has 3 rings (SSSR count). The highest BCUT2D eigenvalue weighted by Gasteiger charge is 2.25. The Balaban J connectivity index is 1.82. The second-order valence-electron chi connectivity index (χ2n) is 7.28. The molecular formula is C22H27N3O2. The van der Waals surface area contributed by atoms with Crippen LogP contribution in [0.25, 0.3) is 0 Å². The van der Waals surface area contributed by atoms with Crippen molar-refractivity contribution in [2.75, 3.05) is 18.1 Å². The van der Waals surface area contributed by atoms with Crippen LogP contribution in [0.15, 0.2) is 42.5 Å². The van der Waals surface area contributed by atoms with E-state index in [0.29, 0.717) is 22.5 Å². The molecule has 1 aliphatic rings. The van der Waals surface area contributed by atoms with Gasteiger partial charge in [-0.05, 0) is 49.6 Å². The summed E-state index contributed by atoms with van der Waals surface area (Å²) in [6, 6.07) is 12.7.